The number of hydrogen-bond donors (Lipinski definition) is 5. The molecule has 10 nitrogen and oxygen atoms in total. The molecule has 6 N–H and O–H groups in total. The molecular formula is C24H29N3O7. The average molecular weight is 472 g/mol. The number of aliphatic hydroxyl groups excluding tert-OH is 2. The number of primary amides is 1. The molecule has 0 aromatic heterocycles. The fraction of sp³-hybridized carbons (Fsp3) is 0.458. The number of fused-ring (bicyclic) bond motifs is 3. The van der Waals surface area contributed by atoms with Crippen LogP contribution in [0.4, 0.5) is 0 Å². The Bertz CT molecular complexity index is 1170. The number of aromatic hydroxyl groups is 1. The van der Waals surface area contributed by atoms with E-state index in [1.807, 2.05) is 6.92 Å². The Hall–Kier alpha value is -3.21. The van der Waals surface area contributed by atoms with Crippen molar-refractivity contribution in [2.75, 3.05) is 28.3 Å². The van der Waals surface area contributed by atoms with Gasteiger partial charge in [-0.1, -0.05) is 19.1 Å². The highest BCUT2D eigenvalue weighted by Gasteiger charge is 2.67. The van der Waals surface area contributed by atoms with Crippen LogP contribution in [0.1, 0.15) is 28.8 Å². The van der Waals surface area contributed by atoms with Gasteiger partial charge in [-0.2, -0.15) is 0 Å². The molecule has 182 valence electrons. The summed E-state index contributed by atoms with van der Waals surface area (Å²) >= 11 is 0. The largest absolute Gasteiger partial charge is 0.510 e. The minimum atomic E-state index is -1.98. The van der Waals surface area contributed by atoms with E-state index in [-0.39, 0.29) is 16.9 Å². The first-order valence-electron chi connectivity index (χ1n) is 10.9. The highest BCUT2D eigenvalue weighted by atomic mass is 16.5. The number of phenolic OH excluding ortho intramolecular Hbond substituents is 1. The Morgan fingerprint density at radius 1 is 1.21 bits per heavy atom. The standard InChI is InChI=1S/C24H29N3O7/c1-9-10-7-6-8-11(28)13(10)18(29)14-12(9)20(34-5)16-17(27(3)4)19(30)15(23(25)33)22(32)24(16,26-2)21(14)31/h6-9,12,16-17,20,26,28,30-31H,1-5H3,(H2,25,33)/t9-,12?,16?,17-,20+,24-/m0/s1. The van der Waals surface area contributed by atoms with E-state index in [1.54, 1.807) is 31.1 Å². The van der Waals surface area contributed by atoms with Crippen LogP contribution in [0.15, 0.2) is 40.9 Å². The SMILES string of the molecule is CN[C@@]12C(=O)C(C(N)=O)=C(O)[C@@H](N(C)C)C1[C@H](OC)C1C(=C2O)C(=O)c2c(O)cccc2[C@@H]1C. The molecule has 1 aromatic carbocycles. The third-order valence-corrected chi connectivity index (χ3v) is 7.68. The second kappa shape index (κ2) is 7.93. The van der Waals surface area contributed by atoms with Gasteiger partial charge in [0.2, 0.25) is 0 Å². The number of benzene rings is 1. The van der Waals surface area contributed by atoms with Crippen molar-refractivity contribution in [1.29, 1.82) is 0 Å². The summed E-state index contributed by atoms with van der Waals surface area (Å²) in [7, 11) is 6.16. The molecule has 10 heteroatoms. The number of aliphatic hydroxyl groups is 2. The van der Waals surface area contributed by atoms with Crippen molar-refractivity contribution < 1.29 is 34.4 Å². The van der Waals surface area contributed by atoms with E-state index in [0.29, 0.717) is 5.56 Å². The molecule has 0 fully saturated rings. The van der Waals surface area contributed by atoms with Crippen LogP contribution in [0.5, 0.6) is 5.75 Å². The fourth-order valence-corrected chi connectivity index (χ4v) is 6.27. The summed E-state index contributed by atoms with van der Waals surface area (Å²) in [4.78, 5) is 41.3. The Morgan fingerprint density at radius 3 is 2.38 bits per heavy atom. The third-order valence-electron chi connectivity index (χ3n) is 7.68. The summed E-state index contributed by atoms with van der Waals surface area (Å²) in [5.41, 5.74) is 3.41. The Kier molecular flexibility index (Phi) is 5.58. The van der Waals surface area contributed by atoms with Gasteiger partial charge in [-0.15, -0.1) is 0 Å². The molecule has 0 aliphatic heterocycles. The maximum atomic E-state index is 13.8. The molecule has 0 spiro atoms. The lowest BCUT2D eigenvalue weighted by Crippen LogP contribution is -2.73. The number of rotatable bonds is 4. The number of carbonyl (C=O) groups is 3. The first-order valence-corrected chi connectivity index (χ1v) is 10.9. The maximum absolute atomic E-state index is 13.8. The van der Waals surface area contributed by atoms with E-state index in [4.69, 9.17) is 10.5 Å². The fourth-order valence-electron chi connectivity index (χ4n) is 6.27. The van der Waals surface area contributed by atoms with Crippen LogP contribution in [0.2, 0.25) is 0 Å². The molecule has 0 heterocycles. The Labute approximate surface area is 196 Å². The summed E-state index contributed by atoms with van der Waals surface area (Å²) in [6, 6.07) is 3.80. The Balaban J connectivity index is 2.12. The van der Waals surface area contributed by atoms with Gasteiger partial charge < -0.3 is 31.1 Å². The van der Waals surface area contributed by atoms with E-state index < -0.39 is 70.0 Å². The number of Topliss-reactive ketones (excluding diaryl/α,β-unsaturated/α-hetero) is 2. The molecule has 34 heavy (non-hydrogen) atoms. The number of carbonyl (C=O) groups excluding carboxylic acids is 3. The molecule has 4 rings (SSSR count). The van der Waals surface area contributed by atoms with E-state index in [1.165, 1.54) is 20.2 Å². The lowest BCUT2D eigenvalue weighted by molar-refractivity contribution is -0.138. The van der Waals surface area contributed by atoms with Gasteiger partial charge in [-0.3, -0.25) is 19.3 Å². The molecule has 3 aliphatic carbocycles. The number of nitrogens with one attached hydrogen (secondary N) is 1. The number of phenols is 1. The van der Waals surface area contributed by atoms with Crippen molar-refractivity contribution >= 4 is 17.5 Å². The molecule has 2 unspecified atom stereocenters. The van der Waals surface area contributed by atoms with Crippen molar-refractivity contribution in [3.8, 4) is 5.75 Å². The van der Waals surface area contributed by atoms with Crippen molar-refractivity contribution in [3.63, 3.8) is 0 Å². The molecular weight excluding hydrogens is 442 g/mol. The van der Waals surface area contributed by atoms with Crippen LogP contribution in [-0.4, -0.2) is 83.6 Å². The van der Waals surface area contributed by atoms with E-state index in [2.05, 4.69) is 5.32 Å². The van der Waals surface area contributed by atoms with Crippen LogP contribution in [0.25, 0.3) is 0 Å². The van der Waals surface area contributed by atoms with E-state index in [0.717, 1.165) is 0 Å². The second-order valence-electron chi connectivity index (χ2n) is 9.29. The number of likely N-dealkylation sites (N-methyl/N-ethyl adjacent to an activating group) is 2. The zero-order valence-electron chi connectivity index (χ0n) is 19.6. The van der Waals surface area contributed by atoms with E-state index >= 15 is 0 Å². The van der Waals surface area contributed by atoms with Gasteiger partial charge in [0, 0.05) is 24.5 Å². The van der Waals surface area contributed by atoms with Crippen LogP contribution in [0, 0.1) is 11.8 Å². The summed E-state index contributed by atoms with van der Waals surface area (Å²) in [5.74, 6) is -6.06. The molecule has 1 aromatic rings. The van der Waals surface area contributed by atoms with E-state index in [9.17, 15) is 29.7 Å². The van der Waals surface area contributed by atoms with Gasteiger partial charge in [0.15, 0.2) is 11.6 Å². The molecule has 3 aliphatic rings. The number of ketones is 2. The van der Waals surface area contributed by atoms with Gasteiger partial charge in [0.05, 0.1) is 17.7 Å². The average Bonchev–Trinajstić information content (AvgIpc) is 2.76. The van der Waals surface area contributed by atoms with Gasteiger partial charge in [-0.05, 0) is 38.7 Å². The highest BCUT2D eigenvalue weighted by Crippen LogP contribution is 2.56. The van der Waals surface area contributed by atoms with Crippen LogP contribution < -0.4 is 11.1 Å². The van der Waals surface area contributed by atoms with Gasteiger partial charge in [0.1, 0.15) is 28.4 Å². The van der Waals surface area contributed by atoms with Crippen molar-refractivity contribution in [3.05, 3.63) is 52.0 Å². The monoisotopic (exact) mass is 471 g/mol. The Morgan fingerprint density at radius 2 is 1.85 bits per heavy atom. The first-order chi connectivity index (χ1) is 16.0. The predicted octanol–water partition coefficient (Wildman–Crippen LogP) is 0.534. The number of methoxy groups -OCH3 is 1. The molecule has 0 saturated carbocycles. The van der Waals surface area contributed by atoms with Crippen LogP contribution >= 0.6 is 0 Å². The first kappa shape index (κ1) is 23.9. The van der Waals surface area contributed by atoms with Gasteiger partial charge >= 0.3 is 0 Å². The number of hydrogen-bond acceptors (Lipinski definition) is 9. The molecule has 0 bridgehead atoms. The summed E-state index contributed by atoms with van der Waals surface area (Å²) in [6.45, 7) is 1.85. The van der Waals surface area contributed by atoms with Gasteiger partial charge in [-0.25, -0.2) is 0 Å². The summed E-state index contributed by atoms with van der Waals surface area (Å²) in [6.07, 6.45) is -0.847. The second-order valence-corrected chi connectivity index (χ2v) is 9.29. The molecule has 6 atom stereocenters. The highest BCUT2D eigenvalue weighted by molar-refractivity contribution is 6.25. The summed E-state index contributed by atoms with van der Waals surface area (Å²) < 4.78 is 5.91. The third kappa shape index (κ3) is 2.76. The number of amides is 1. The summed E-state index contributed by atoms with van der Waals surface area (Å²) in [5, 5.41) is 36.0. The lowest BCUT2D eigenvalue weighted by atomic mass is 9.54. The number of nitrogens with zero attached hydrogens (tertiary/aromatic N) is 1. The number of nitrogens with two attached hydrogens (primary N) is 1. The maximum Gasteiger partial charge on any atom is 0.255 e. The van der Waals surface area contributed by atoms with Gasteiger partial charge in [0.25, 0.3) is 5.91 Å². The molecule has 0 radical (unpaired) electrons. The van der Waals surface area contributed by atoms with Crippen molar-refractivity contribution in [2.45, 2.75) is 30.5 Å². The molecule has 1 amide bonds. The normalized spacial score (nSPS) is 33.1. The van der Waals surface area contributed by atoms with Crippen LogP contribution in [0.3, 0.4) is 0 Å². The molecule has 0 saturated heterocycles. The van der Waals surface area contributed by atoms with Crippen molar-refractivity contribution in [2.24, 2.45) is 17.6 Å². The van der Waals surface area contributed by atoms with Crippen molar-refractivity contribution in [1.82, 2.24) is 10.2 Å². The predicted molar refractivity (Wildman–Crippen MR) is 121 cm³/mol. The zero-order chi connectivity index (χ0) is 25.3. The minimum Gasteiger partial charge on any atom is -0.510 e. The van der Waals surface area contributed by atoms with Crippen LogP contribution in [-0.2, 0) is 14.3 Å². The minimum absolute atomic E-state index is 0.0493. The smallest absolute Gasteiger partial charge is 0.255 e. The zero-order valence-corrected chi connectivity index (χ0v) is 19.6. The lowest BCUT2D eigenvalue weighted by Gasteiger charge is -2.56. The quantitative estimate of drug-likeness (QED) is 0.394. The number of ether oxygens (including phenoxy) is 1. The topological polar surface area (TPSA) is 162 Å².